The molecule has 1 unspecified atom stereocenters. The van der Waals surface area contributed by atoms with Crippen LogP contribution >= 0.6 is 0 Å². The Balaban J connectivity index is 1.00. The molecule has 3 aliphatic rings. The molecule has 4 heterocycles. The van der Waals surface area contributed by atoms with Gasteiger partial charge in [-0.3, -0.25) is 29.1 Å². The Hall–Kier alpha value is -5.72. The number of anilines is 2. The van der Waals surface area contributed by atoms with Gasteiger partial charge in [0.1, 0.15) is 5.82 Å². The molecule has 13 heteroatoms. The van der Waals surface area contributed by atoms with E-state index in [0.29, 0.717) is 55.9 Å². The number of rotatable bonds is 11. The molecule has 0 spiro atoms. The summed E-state index contributed by atoms with van der Waals surface area (Å²) >= 11 is 0. The van der Waals surface area contributed by atoms with Crippen LogP contribution in [0.3, 0.4) is 0 Å². The number of amides is 6. The Morgan fingerprint density at radius 1 is 0.918 bits per heavy atom. The number of hydrogen-bond acceptors (Lipinski definition) is 7. The summed E-state index contributed by atoms with van der Waals surface area (Å²) in [6.07, 6.45) is 8.10. The lowest BCUT2D eigenvalue weighted by atomic mass is 9.93. The van der Waals surface area contributed by atoms with E-state index in [4.69, 9.17) is 0 Å². The van der Waals surface area contributed by atoms with Crippen molar-refractivity contribution < 1.29 is 28.4 Å². The fourth-order valence-corrected chi connectivity index (χ4v) is 6.03. The molecule has 49 heavy (non-hydrogen) atoms. The molecule has 0 fully saturated rings. The zero-order valence-electron chi connectivity index (χ0n) is 27.0. The molecule has 1 aromatic heterocycles. The van der Waals surface area contributed by atoms with Gasteiger partial charge in [0.25, 0.3) is 11.8 Å². The number of nitrogens with one attached hydrogen (secondary N) is 2. The summed E-state index contributed by atoms with van der Waals surface area (Å²) in [4.78, 5) is 68.4. The molecule has 1 atom stereocenters. The Morgan fingerprint density at radius 2 is 1.67 bits per heavy atom. The highest BCUT2D eigenvalue weighted by Gasteiger charge is 2.28. The van der Waals surface area contributed by atoms with Gasteiger partial charge in [-0.15, -0.1) is 0 Å². The fourth-order valence-electron chi connectivity index (χ4n) is 6.03. The molecule has 0 saturated carbocycles. The molecule has 3 aliphatic heterocycles. The largest absolute Gasteiger partial charge is 0.324 e. The lowest BCUT2D eigenvalue weighted by Crippen LogP contribution is -2.36. The Bertz CT molecular complexity index is 1820. The number of pyridine rings is 1. The number of nitrogens with zero attached hydrogens (tertiary/aromatic N) is 5. The maximum atomic E-state index is 15.0. The van der Waals surface area contributed by atoms with Crippen molar-refractivity contribution >= 4 is 46.7 Å². The molecule has 2 aromatic carbocycles. The minimum Gasteiger partial charge on any atom is -0.324 e. The first kappa shape index (κ1) is 33.2. The van der Waals surface area contributed by atoms with Crippen LogP contribution in [0.15, 0.2) is 78.2 Å². The molecule has 3 aromatic rings. The molecular weight excluding hydrogens is 629 g/mol. The lowest BCUT2D eigenvalue weighted by Gasteiger charge is -2.28. The van der Waals surface area contributed by atoms with Crippen molar-refractivity contribution in [2.75, 3.05) is 17.2 Å². The molecule has 12 nitrogen and oxygen atoms in total. The average molecular weight is 666 g/mol. The van der Waals surface area contributed by atoms with Crippen molar-refractivity contribution in [3.8, 4) is 0 Å². The normalized spacial score (nSPS) is 17.0. The van der Waals surface area contributed by atoms with Crippen LogP contribution in [0.4, 0.5) is 20.6 Å². The van der Waals surface area contributed by atoms with Gasteiger partial charge in [-0.25, -0.2) is 14.2 Å². The van der Waals surface area contributed by atoms with E-state index >= 15 is 0 Å². The summed E-state index contributed by atoms with van der Waals surface area (Å²) in [6, 6.07) is 13.4. The second kappa shape index (κ2) is 14.6. The van der Waals surface area contributed by atoms with E-state index in [2.05, 4.69) is 20.7 Å². The van der Waals surface area contributed by atoms with Gasteiger partial charge in [-0.1, -0.05) is 31.5 Å². The first-order valence-electron chi connectivity index (χ1n) is 16.2. The molecule has 6 rings (SSSR count). The maximum absolute atomic E-state index is 15.0. The third-order valence-electron chi connectivity index (χ3n) is 8.74. The third-order valence-corrected chi connectivity index (χ3v) is 8.74. The predicted molar refractivity (Wildman–Crippen MR) is 179 cm³/mol. The van der Waals surface area contributed by atoms with Crippen molar-refractivity contribution in [1.82, 2.24) is 19.8 Å². The second-order valence-electron chi connectivity index (χ2n) is 12.4. The number of carbonyl (C=O) groups excluding carboxylic acids is 5. The van der Waals surface area contributed by atoms with Gasteiger partial charge in [0.2, 0.25) is 11.8 Å². The van der Waals surface area contributed by atoms with Crippen molar-refractivity contribution in [1.29, 1.82) is 0 Å². The molecule has 0 radical (unpaired) electrons. The summed E-state index contributed by atoms with van der Waals surface area (Å²) in [5.41, 5.74) is 4.82. The van der Waals surface area contributed by atoms with Crippen molar-refractivity contribution in [3.05, 3.63) is 101 Å². The number of halogens is 1. The smallest absolute Gasteiger partial charge is 0.322 e. The molecule has 0 bridgehead atoms. The zero-order valence-corrected chi connectivity index (χ0v) is 27.0. The van der Waals surface area contributed by atoms with Gasteiger partial charge in [-0.05, 0) is 65.4 Å². The number of hydrogen-bond donors (Lipinski definition) is 2. The average Bonchev–Trinajstić information content (AvgIpc) is 3.66. The van der Waals surface area contributed by atoms with E-state index in [1.807, 2.05) is 25.1 Å². The predicted octanol–water partition coefficient (Wildman–Crippen LogP) is 4.97. The number of unbranched alkanes of at least 4 members (excludes halogenated alkanes) is 2. The second-order valence-corrected chi connectivity index (χ2v) is 12.4. The zero-order chi connectivity index (χ0) is 34.5. The molecule has 0 saturated heterocycles. The highest BCUT2D eigenvalue weighted by molar-refractivity contribution is 6.12. The minimum atomic E-state index is -0.626. The Labute approximate surface area is 282 Å². The lowest BCUT2D eigenvalue weighted by molar-refractivity contribution is -0.137. The van der Waals surface area contributed by atoms with Gasteiger partial charge >= 0.3 is 6.03 Å². The molecule has 252 valence electrons. The summed E-state index contributed by atoms with van der Waals surface area (Å²) in [7, 11) is 0. The fraction of sp³-hybridized carbons (Fsp3) is 0.306. The van der Waals surface area contributed by atoms with Crippen LogP contribution in [0.25, 0.3) is 0 Å². The van der Waals surface area contributed by atoms with E-state index < -0.39 is 5.82 Å². The molecule has 6 amide bonds. The number of carbonyl (C=O) groups is 5. The van der Waals surface area contributed by atoms with E-state index in [1.54, 1.807) is 35.5 Å². The van der Waals surface area contributed by atoms with Gasteiger partial charge in [-0.2, -0.15) is 5.10 Å². The molecular formula is C36H36FN7O5. The highest BCUT2D eigenvalue weighted by atomic mass is 19.1. The van der Waals surface area contributed by atoms with Gasteiger partial charge < -0.3 is 15.5 Å². The molecule has 2 N–H and O–H groups in total. The Morgan fingerprint density at radius 3 is 2.41 bits per heavy atom. The monoisotopic (exact) mass is 665 g/mol. The van der Waals surface area contributed by atoms with E-state index in [9.17, 15) is 28.4 Å². The number of benzene rings is 2. The number of fused-ring (bicyclic) bond motifs is 1. The molecule has 0 aliphatic carbocycles. The van der Waals surface area contributed by atoms with Crippen molar-refractivity contribution in [2.24, 2.45) is 11.0 Å². The van der Waals surface area contributed by atoms with Crippen LogP contribution in [0.5, 0.6) is 0 Å². The number of urea groups is 1. The van der Waals surface area contributed by atoms with E-state index in [-0.39, 0.29) is 60.7 Å². The van der Waals surface area contributed by atoms with Crippen LogP contribution < -0.4 is 10.6 Å². The quantitative estimate of drug-likeness (QED) is 0.219. The van der Waals surface area contributed by atoms with E-state index in [1.165, 1.54) is 29.3 Å². The van der Waals surface area contributed by atoms with Crippen LogP contribution in [0, 0.1) is 11.7 Å². The van der Waals surface area contributed by atoms with Crippen LogP contribution in [0.1, 0.15) is 61.3 Å². The van der Waals surface area contributed by atoms with Gasteiger partial charge in [0, 0.05) is 68.6 Å². The number of aromatic nitrogens is 1. The van der Waals surface area contributed by atoms with Crippen LogP contribution in [-0.4, -0.2) is 61.7 Å². The highest BCUT2D eigenvalue weighted by Crippen LogP contribution is 2.26. The topological polar surface area (TPSA) is 144 Å². The van der Waals surface area contributed by atoms with E-state index in [0.717, 1.165) is 21.6 Å². The summed E-state index contributed by atoms with van der Waals surface area (Å²) in [6.45, 7) is 3.30. The Kier molecular flexibility index (Phi) is 9.88. The van der Waals surface area contributed by atoms with Crippen molar-refractivity contribution in [2.45, 2.75) is 58.7 Å². The summed E-state index contributed by atoms with van der Waals surface area (Å²) in [5, 5.41) is 11.5. The summed E-state index contributed by atoms with van der Waals surface area (Å²) in [5.74, 6) is -1.96. The first-order chi connectivity index (χ1) is 23.6. The minimum absolute atomic E-state index is 0.0364. The van der Waals surface area contributed by atoms with Crippen LogP contribution in [0.2, 0.25) is 0 Å². The third kappa shape index (κ3) is 7.88. The summed E-state index contributed by atoms with van der Waals surface area (Å²) < 4.78 is 15.0. The van der Waals surface area contributed by atoms with Gasteiger partial charge in [0.05, 0.1) is 17.9 Å². The SMILES string of the molecule is CC1CC(=O)N(Cc2ccc(NC(=O)CCCCCN3C(=O)C=CC3=O)c(F)c2)N=C1c1ccc(NC(=O)N2Cc3ccncc3C2)cc1. The van der Waals surface area contributed by atoms with Gasteiger partial charge in [0.15, 0.2) is 0 Å². The number of imide groups is 1. The van der Waals surface area contributed by atoms with Crippen molar-refractivity contribution in [3.63, 3.8) is 0 Å². The standard InChI is InChI=1S/C36H36FN7O5/c1-23-17-34(48)44(41-35(23)25-7-9-28(10-8-25)39-36(49)42-21-26-14-15-38-19-27(26)22-42)20-24-6-11-30(29(37)18-24)40-31(45)5-3-2-4-16-43-32(46)12-13-33(43)47/h6-15,18-19,23H,2-5,16-17,20-22H2,1H3,(H,39,49)(H,40,45). The van der Waals surface area contributed by atoms with Crippen LogP contribution in [-0.2, 0) is 38.8 Å². The number of hydrazone groups is 1. The first-order valence-corrected chi connectivity index (χ1v) is 16.2. The maximum Gasteiger partial charge on any atom is 0.322 e.